The third-order valence-corrected chi connectivity index (χ3v) is 7.15. The Morgan fingerprint density at radius 2 is 1.66 bits per heavy atom. The van der Waals surface area contributed by atoms with E-state index in [-0.39, 0.29) is 18.0 Å². The highest BCUT2D eigenvalue weighted by molar-refractivity contribution is 5.93. The third-order valence-electron chi connectivity index (χ3n) is 7.15. The van der Waals surface area contributed by atoms with Crippen molar-refractivity contribution in [2.24, 2.45) is 7.05 Å². The number of likely N-dealkylation sites (tertiary alicyclic amines) is 1. The minimum Gasteiger partial charge on any atom is -0.475 e. The highest BCUT2D eigenvalue weighted by Crippen LogP contribution is 2.24. The van der Waals surface area contributed by atoms with Gasteiger partial charge in [-0.2, -0.15) is 27.8 Å². The van der Waals surface area contributed by atoms with Crippen LogP contribution in [0.2, 0.25) is 0 Å². The lowest BCUT2D eigenvalue weighted by Crippen LogP contribution is -2.55. The Labute approximate surface area is 247 Å². The molecular weight excluding hydrogens is 591 g/mol. The number of furan rings is 1. The molecule has 3 N–H and O–H groups in total. The van der Waals surface area contributed by atoms with E-state index < -0.39 is 18.2 Å². The van der Waals surface area contributed by atoms with Gasteiger partial charge >= 0.3 is 24.2 Å². The topological polar surface area (TPSA) is 179 Å². The lowest BCUT2D eigenvalue weighted by molar-refractivity contribution is -0.192. The molecule has 0 radical (unpaired) electrons. The van der Waals surface area contributed by atoms with Crippen LogP contribution in [0.5, 0.6) is 0 Å². The highest BCUT2D eigenvalue weighted by atomic mass is 19.4. The van der Waals surface area contributed by atoms with Gasteiger partial charge in [-0.15, -0.1) is 5.10 Å². The molecule has 236 valence electrons. The molecule has 2 fully saturated rings. The number of aliphatic carboxylic acids is 1. The largest absolute Gasteiger partial charge is 0.490 e. The van der Waals surface area contributed by atoms with Crippen LogP contribution >= 0.6 is 0 Å². The summed E-state index contributed by atoms with van der Waals surface area (Å²) in [7, 11) is 3.86. The Hall–Kier alpha value is -4.94. The van der Waals surface area contributed by atoms with Crippen molar-refractivity contribution in [1.82, 2.24) is 49.4 Å². The molecule has 6 rings (SSSR count). The van der Waals surface area contributed by atoms with E-state index in [0.717, 1.165) is 26.2 Å². The summed E-state index contributed by atoms with van der Waals surface area (Å²) in [6.07, 6.45) is -0.364. The number of piperazine rings is 1. The lowest BCUT2D eigenvalue weighted by Gasteiger charge is -2.39. The van der Waals surface area contributed by atoms with E-state index in [1.54, 1.807) is 36.3 Å². The lowest BCUT2D eigenvalue weighted by atomic mass is 10.1. The van der Waals surface area contributed by atoms with Crippen molar-refractivity contribution in [3.63, 3.8) is 0 Å². The van der Waals surface area contributed by atoms with Crippen molar-refractivity contribution in [1.29, 1.82) is 0 Å². The number of urea groups is 2. The maximum atomic E-state index is 12.9. The van der Waals surface area contributed by atoms with Crippen LogP contribution in [0.3, 0.4) is 0 Å². The Bertz CT molecular complexity index is 1640. The number of hydrogen-bond donors (Lipinski definition) is 3. The number of halogens is 3. The van der Waals surface area contributed by atoms with Crippen molar-refractivity contribution in [3.05, 3.63) is 24.6 Å². The molecule has 4 amide bonds. The summed E-state index contributed by atoms with van der Waals surface area (Å²) in [5.74, 6) is -1.67. The van der Waals surface area contributed by atoms with Gasteiger partial charge in [0.25, 0.3) is 0 Å². The third kappa shape index (κ3) is 6.82. The van der Waals surface area contributed by atoms with E-state index in [4.69, 9.17) is 14.3 Å². The fourth-order valence-corrected chi connectivity index (χ4v) is 4.83. The zero-order chi connectivity index (χ0) is 31.6. The fraction of sp³-hybridized carbons (Fsp3) is 0.480. The number of amides is 4. The number of aromatic nitrogens is 6. The number of carboxylic acids is 1. The first-order valence-electron chi connectivity index (χ1n) is 13.6. The molecule has 2 aliphatic heterocycles. The molecule has 4 aromatic heterocycles. The van der Waals surface area contributed by atoms with Crippen molar-refractivity contribution in [2.45, 2.75) is 25.1 Å². The number of piperidine rings is 1. The summed E-state index contributed by atoms with van der Waals surface area (Å²) in [5.41, 5.74) is 0.954. The molecule has 0 atom stereocenters. The molecule has 16 nitrogen and oxygen atoms in total. The average Bonchev–Trinajstić information content (AvgIpc) is 3.73. The summed E-state index contributed by atoms with van der Waals surface area (Å²) in [5, 5.41) is 22.5. The first kappa shape index (κ1) is 30.5. The number of nitrogens with one attached hydrogen (secondary N) is 2. The number of anilines is 1. The van der Waals surface area contributed by atoms with Gasteiger partial charge in [0.2, 0.25) is 11.8 Å². The van der Waals surface area contributed by atoms with Crippen LogP contribution in [0.1, 0.15) is 12.8 Å². The molecular formula is C25H30F3N11O5. The number of carbonyl (C=O) groups excluding carboxylic acids is 2. The molecule has 0 saturated carbocycles. The molecule has 19 heteroatoms. The normalized spacial score (nSPS) is 16.6. The van der Waals surface area contributed by atoms with Crippen LogP contribution in [0, 0.1) is 0 Å². The molecule has 0 bridgehead atoms. The zero-order valence-electron chi connectivity index (χ0n) is 23.8. The molecule has 44 heavy (non-hydrogen) atoms. The molecule has 0 unspecified atom stereocenters. The molecule has 0 aliphatic carbocycles. The van der Waals surface area contributed by atoms with Crippen LogP contribution in [0.15, 0.2) is 29.0 Å². The second-order valence-corrected chi connectivity index (χ2v) is 10.4. The number of hydrogen-bond acceptors (Lipinski definition) is 9. The Balaban J connectivity index is 0.000000493. The second kappa shape index (κ2) is 12.3. The second-order valence-electron chi connectivity index (χ2n) is 10.4. The average molecular weight is 622 g/mol. The number of fused-ring (bicyclic) bond motifs is 3. The highest BCUT2D eigenvalue weighted by Gasteiger charge is 2.38. The smallest absolute Gasteiger partial charge is 0.475 e. The first-order valence-corrected chi connectivity index (χ1v) is 13.6. The van der Waals surface area contributed by atoms with E-state index in [9.17, 15) is 22.8 Å². The summed E-state index contributed by atoms with van der Waals surface area (Å²) < 4.78 is 40.3. The molecule has 6 heterocycles. The number of alkyl halides is 3. The SMILES string of the molecule is CN1CCN(C(=O)N2CCC(NC(=O)Nc3nc4nn(C)cc4c4nc(-c5ccco5)nn34)CC2)CC1.O=C(O)C(F)(F)F. The zero-order valence-corrected chi connectivity index (χ0v) is 23.8. The van der Waals surface area contributed by atoms with Crippen LogP contribution in [0.4, 0.5) is 28.7 Å². The standard InChI is InChI=1S/C23H29N11O3.C2HF3O2/c1-30-9-11-33(12-10-30)23(36)32-7-5-15(6-8-32)24-22(35)27-21-26-18-16(14-31(2)28-18)20-25-19(29-34(20)21)17-4-3-13-37-17;3-2(4,5)1(6)7/h3-4,13-15H,5-12H2,1-2H3,(H2,24,26,27,28,35);(H,6,7). The van der Waals surface area contributed by atoms with Crippen LogP contribution in [-0.4, -0.2) is 126 Å². The summed E-state index contributed by atoms with van der Waals surface area (Å²) in [4.78, 5) is 49.8. The number of rotatable bonds is 3. The quantitative estimate of drug-likeness (QED) is 0.306. The van der Waals surface area contributed by atoms with E-state index in [0.29, 0.717) is 54.2 Å². The summed E-state index contributed by atoms with van der Waals surface area (Å²) in [6, 6.07) is 3.16. The predicted octanol–water partition coefficient (Wildman–Crippen LogP) is 1.86. The molecule has 4 aromatic rings. The van der Waals surface area contributed by atoms with Crippen molar-refractivity contribution in [3.8, 4) is 11.6 Å². The number of aryl methyl sites for hydroxylation is 1. The molecule has 0 aromatic carbocycles. The maximum absolute atomic E-state index is 12.9. The van der Waals surface area contributed by atoms with Crippen LogP contribution in [0.25, 0.3) is 28.3 Å². The van der Waals surface area contributed by atoms with E-state index in [1.807, 2.05) is 9.80 Å². The minimum atomic E-state index is -5.08. The Morgan fingerprint density at radius 3 is 2.27 bits per heavy atom. The fourth-order valence-electron chi connectivity index (χ4n) is 4.83. The van der Waals surface area contributed by atoms with Gasteiger partial charge in [-0.1, -0.05) is 0 Å². The van der Waals surface area contributed by atoms with Gasteiger partial charge in [0.05, 0.1) is 11.6 Å². The number of carboxylic acid groups (broad SMARTS) is 1. The van der Waals surface area contributed by atoms with Gasteiger partial charge in [0.1, 0.15) is 0 Å². The van der Waals surface area contributed by atoms with Gasteiger partial charge in [-0.05, 0) is 32.0 Å². The van der Waals surface area contributed by atoms with Crippen molar-refractivity contribution >= 4 is 40.7 Å². The predicted molar refractivity (Wildman–Crippen MR) is 148 cm³/mol. The maximum Gasteiger partial charge on any atom is 0.490 e. The van der Waals surface area contributed by atoms with Crippen molar-refractivity contribution in [2.75, 3.05) is 51.6 Å². The molecule has 2 saturated heterocycles. The van der Waals surface area contributed by atoms with Crippen LogP contribution in [-0.2, 0) is 11.8 Å². The Kier molecular flexibility index (Phi) is 8.56. The van der Waals surface area contributed by atoms with E-state index in [1.165, 1.54) is 4.52 Å². The van der Waals surface area contributed by atoms with Gasteiger partial charge in [-0.3, -0.25) is 10.00 Å². The monoisotopic (exact) mass is 621 g/mol. The Morgan fingerprint density at radius 1 is 1.00 bits per heavy atom. The molecule has 0 spiro atoms. The van der Waals surface area contributed by atoms with Gasteiger partial charge < -0.3 is 29.5 Å². The van der Waals surface area contributed by atoms with E-state index >= 15 is 0 Å². The molecule has 2 aliphatic rings. The van der Waals surface area contributed by atoms with Crippen molar-refractivity contribution < 1.29 is 37.1 Å². The number of nitrogens with zero attached hydrogens (tertiary/aromatic N) is 9. The van der Waals surface area contributed by atoms with Gasteiger partial charge in [0, 0.05) is 58.6 Å². The minimum absolute atomic E-state index is 0.0555. The first-order chi connectivity index (χ1) is 20.9. The van der Waals surface area contributed by atoms with Gasteiger partial charge in [0.15, 0.2) is 17.1 Å². The summed E-state index contributed by atoms with van der Waals surface area (Å²) in [6.45, 7) is 4.50. The number of carbonyl (C=O) groups is 3. The van der Waals surface area contributed by atoms with Gasteiger partial charge in [-0.25, -0.2) is 19.4 Å². The summed E-state index contributed by atoms with van der Waals surface area (Å²) >= 11 is 0. The van der Waals surface area contributed by atoms with Crippen LogP contribution < -0.4 is 10.6 Å². The van der Waals surface area contributed by atoms with E-state index in [2.05, 4.69) is 42.7 Å². The number of likely N-dealkylation sites (N-methyl/N-ethyl adjacent to an activating group) is 1.